The van der Waals surface area contributed by atoms with Gasteiger partial charge in [0.25, 0.3) is 0 Å². The van der Waals surface area contributed by atoms with Gasteiger partial charge < -0.3 is 4.43 Å². The molecule has 1 nitrogen and oxygen atoms in total. The van der Waals surface area contributed by atoms with Crippen molar-refractivity contribution in [2.75, 3.05) is 0 Å². The van der Waals surface area contributed by atoms with Crippen LogP contribution in [0.4, 0.5) is 0 Å². The highest BCUT2D eigenvalue weighted by Gasteiger charge is 2.57. The van der Waals surface area contributed by atoms with E-state index in [0.717, 1.165) is 30.3 Å². The molecule has 3 fully saturated rings. The number of unbranched alkanes of at least 4 members (excludes halogenated alkanes) is 3. The third-order valence-electron chi connectivity index (χ3n) is 9.69. The molecule has 0 spiro atoms. The molecule has 5 atom stereocenters. The first-order chi connectivity index (χ1) is 13.3. The second-order valence-electron chi connectivity index (χ2n) is 13.0. The van der Waals surface area contributed by atoms with Gasteiger partial charge in [0.15, 0.2) is 8.32 Å². The van der Waals surface area contributed by atoms with Crippen molar-refractivity contribution in [2.24, 2.45) is 23.2 Å². The molecule has 3 aliphatic rings. The molecule has 0 aromatic carbocycles. The molecule has 0 N–H and O–H groups in total. The molecular formula is C26H53BOSi. The molecular weight excluding hydrogens is 367 g/mol. The van der Waals surface area contributed by atoms with Crippen LogP contribution in [0.1, 0.15) is 100 Å². The third-order valence-corrected chi connectivity index (χ3v) is 14.3. The Morgan fingerprint density at radius 2 is 1.72 bits per heavy atom. The Labute approximate surface area is 185 Å². The van der Waals surface area contributed by atoms with E-state index in [2.05, 4.69) is 68.5 Å². The molecule has 0 aliphatic heterocycles. The Hall–Kier alpha value is 0.242. The lowest BCUT2D eigenvalue weighted by Gasteiger charge is -2.63. The van der Waals surface area contributed by atoms with Crippen molar-refractivity contribution in [1.29, 1.82) is 0 Å². The number of rotatable bonds is 11. The minimum absolute atomic E-state index is 0.311. The number of fused-ring (bicyclic) bond motifs is 2. The molecule has 0 aromatic rings. The van der Waals surface area contributed by atoms with Gasteiger partial charge in [-0.2, -0.15) is 0 Å². The number of hydrogen-bond donors (Lipinski definition) is 0. The molecule has 2 bridgehead atoms. The fourth-order valence-corrected chi connectivity index (χ4v) is 7.88. The minimum Gasteiger partial charge on any atom is -0.414 e. The van der Waals surface area contributed by atoms with E-state index >= 15 is 0 Å². The Morgan fingerprint density at radius 1 is 1.07 bits per heavy atom. The smallest absolute Gasteiger partial charge is 0.192 e. The number of hydrogen-bond acceptors (Lipinski definition) is 1. The van der Waals surface area contributed by atoms with E-state index < -0.39 is 8.32 Å². The molecule has 0 aromatic heterocycles. The van der Waals surface area contributed by atoms with Crippen LogP contribution in [-0.2, 0) is 4.43 Å². The van der Waals surface area contributed by atoms with E-state index in [1.807, 2.05) is 0 Å². The van der Waals surface area contributed by atoms with Gasteiger partial charge in [-0.25, -0.2) is 0 Å². The lowest BCUT2D eigenvalue weighted by Crippen LogP contribution is -2.55. The summed E-state index contributed by atoms with van der Waals surface area (Å²) in [6, 6.07) is 0. The van der Waals surface area contributed by atoms with Gasteiger partial charge in [-0.05, 0) is 61.1 Å². The fourth-order valence-electron chi connectivity index (χ4n) is 6.41. The van der Waals surface area contributed by atoms with Gasteiger partial charge >= 0.3 is 0 Å². The highest BCUT2D eigenvalue weighted by molar-refractivity contribution is 6.74. The van der Waals surface area contributed by atoms with E-state index in [9.17, 15) is 0 Å². The van der Waals surface area contributed by atoms with E-state index in [1.54, 1.807) is 0 Å². The van der Waals surface area contributed by atoms with Crippen LogP contribution in [0.2, 0.25) is 36.6 Å². The predicted molar refractivity (Wildman–Crippen MR) is 135 cm³/mol. The maximum Gasteiger partial charge on any atom is 0.192 e. The van der Waals surface area contributed by atoms with Crippen molar-refractivity contribution in [1.82, 2.24) is 0 Å². The quantitative estimate of drug-likeness (QED) is 0.239. The summed E-state index contributed by atoms with van der Waals surface area (Å²) in [4.78, 5) is 0. The summed E-state index contributed by atoms with van der Waals surface area (Å²) in [7, 11) is -1.65. The van der Waals surface area contributed by atoms with Crippen molar-refractivity contribution in [3.63, 3.8) is 0 Å². The molecule has 170 valence electrons. The summed E-state index contributed by atoms with van der Waals surface area (Å²) in [5, 5.41) is 0.311. The third kappa shape index (κ3) is 5.94. The van der Waals surface area contributed by atoms with Crippen molar-refractivity contribution in [2.45, 2.75) is 143 Å². The monoisotopic (exact) mass is 420 g/mol. The van der Waals surface area contributed by atoms with Crippen LogP contribution in [0.25, 0.3) is 0 Å². The highest BCUT2D eigenvalue weighted by Crippen LogP contribution is 2.65. The van der Waals surface area contributed by atoms with E-state index in [1.165, 1.54) is 57.6 Å². The van der Waals surface area contributed by atoms with Crippen molar-refractivity contribution in [3.05, 3.63) is 0 Å². The first kappa shape index (κ1) is 25.5. The minimum atomic E-state index is -1.65. The Kier molecular flexibility index (Phi) is 8.62. The maximum atomic E-state index is 6.71. The first-order valence-corrected chi connectivity index (χ1v) is 15.9. The summed E-state index contributed by atoms with van der Waals surface area (Å²) < 4.78 is 6.71. The van der Waals surface area contributed by atoms with Crippen molar-refractivity contribution in [3.8, 4) is 0 Å². The van der Waals surface area contributed by atoms with E-state index in [-0.39, 0.29) is 0 Å². The molecule has 0 unspecified atom stereocenters. The molecule has 3 saturated carbocycles. The topological polar surface area (TPSA) is 9.23 Å². The van der Waals surface area contributed by atoms with Crippen LogP contribution in [0, 0.1) is 23.2 Å². The van der Waals surface area contributed by atoms with Crippen molar-refractivity contribution < 1.29 is 4.43 Å². The van der Waals surface area contributed by atoms with Crippen LogP contribution in [0.15, 0.2) is 0 Å². The molecule has 0 saturated heterocycles. The van der Waals surface area contributed by atoms with Gasteiger partial charge in [-0.15, -0.1) is 0 Å². The molecule has 29 heavy (non-hydrogen) atoms. The van der Waals surface area contributed by atoms with Crippen LogP contribution in [0.3, 0.4) is 0 Å². The zero-order valence-corrected chi connectivity index (χ0v) is 22.7. The zero-order valence-electron chi connectivity index (χ0n) is 21.7. The van der Waals surface area contributed by atoms with Crippen LogP contribution in [0.5, 0.6) is 0 Å². The second-order valence-corrected chi connectivity index (χ2v) is 17.8. The molecule has 0 amide bonds. The Balaban J connectivity index is 1.96. The lowest BCUT2D eigenvalue weighted by molar-refractivity contribution is -0.0992. The summed E-state index contributed by atoms with van der Waals surface area (Å²) in [6.07, 6.45) is 13.2. The largest absolute Gasteiger partial charge is 0.414 e. The summed E-state index contributed by atoms with van der Waals surface area (Å²) in [5.74, 6) is 3.86. The maximum absolute atomic E-state index is 6.71. The fraction of sp³-hybridized carbons (Fsp3) is 1.00. The molecule has 3 rings (SSSR count). The molecule has 3 aliphatic carbocycles. The van der Waals surface area contributed by atoms with Gasteiger partial charge in [0.05, 0.1) is 0 Å². The standard InChI is InChI=1S/C26H53BOSi/c1-11-12-13-14-16-27(17-15-20(2)28-29(9,10)25(4,5)6)24-19-22-18-23(21(24)3)26(22,7)8/h20-24H,11-19H2,1-10H3/t20-,21+,22-,23+,24+/m0/s1. The molecule has 0 heterocycles. The summed E-state index contributed by atoms with van der Waals surface area (Å²) >= 11 is 0. The van der Waals surface area contributed by atoms with Gasteiger partial charge in [0.1, 0.15) is 6.71 Å². The highest BCUT2D eigenvalue weighted by atomic mass is 28.4. The van der Waals surface area contributed by atoms with Crippen LogP contribution >= 0.6 is 0 Å². The van der Waals surface area contributed by atoms with E-state index in [0.29, 0.717) is 16.6 Å². The summed E-state index contributed by atoms with van der Waals surface area (Å²) in [5.41, 5.74) is 0.613. The average Bonchev–Trinajstić information content (AvgIpc) is 2.59. The van der Waals surface area contributed by atoms with Crippen LogP contribution < -0.4 is 0 Å². The van der Waals surface area contributed by atoms with Crippen LogP contribution in [-0.4, -0.2) is 21.1 Å². The molecule has 0 radical (unpaired) electrons. The SMILES string of the molecule is CCCCCCB(CC[C@H](C)O[Si](C)(C)C(C)(C)C)[C@@H]1C[C@@H]2C[C@H]([C@H]1C)C2(C)C. The average molecular weight is 421 g/mol. The van der Waals surface area contributed by atoms with Crippen molar-refractivity contribution >= 4 is 15.0 Å². The normalized spacial score (nSPS) is 30.0. The lowest BCUT2D eigenvalue weighted by atomic mass is 9.27. The summed E-state index contributed by atoms with van der Waals surface area (Å²) in [6.45, 7) is 25.2. The second kappa shape index (κ2) is 9.80. The van der Waals surface area contributed by atoms with Gasteiger partial charge in [-0.1, -0.05) is 99.0 Å². The van der Waals surface area contributed by atoms with Gasteiger partial charge in [-0.3, -0.25) is 0 Å². The Bertz CT molecular complexity index is 509. The van der Waals surface area contributed by atoms with Gasteiger partial charge in [0.2, 0.25) is 0 Å². The molecule has 3 heteroatoms. The van der Waals surface area contributed by atoms with E-state index in [4.69, 9.17) is 4.43 Å². The predicted octanol–water partition coefficient (Wildman–Crippen LogP) is 8.93. The first-order valence-electron chi connectivity index (χ1n) is 13.0. The van der Waals surface area contributed by atoms with Gasteiger partial charge in [0, 0.05) is 6.10 Å². The Morgan fingerprint density at radius 3 is 2.24 bits per heavy atom. The zero-order chi connectivity index (χ0) is 22.0.